The number of nitrogens with zero attached hydrogens (tertiary/aromatic N) is 1. The molecule has 6 nitrogen and oxygen atoms in total. The molecule has 0 aliphatic carbocycles. The second-order valence-electron chi connectivity index (χ2n) is 5.12. The summed E-state index contributed by atoms with van der Waals surface area (Å²) in [6.07, 6.45) is 1.49. The van der Waals surface area contributed by atoms with Crippen LogP contribution in [0.1, 0.15) is 31.4 Å². The number of hydrogen-bond acceptors (Lipinski definition) is 4. The van der Waals surface area contributed by atoms with Crippen molar-refractivity contribution < 1.29 is 14.3 Å². The fourth-order valence-corrected chi connectivity index (χ4v) is 2.39. The van der Waals surface area contributed by atoms with E-state index in [1.54, 1.807) is 19.2 Å². The van der Waals surface area contributed by atoms with E-state index in [1.165, 1.54) is 4.90 Å². The lowest BCUT2D eigenvalue weighted by molar-refractivity contribution is -0.127. The van der Waals surface area contributed by atoms with Gasteiger partial charge in [0.1, 0.15) is 11.8 Å². The van der Waals surface area contributed by atoms with Crippen LogP contribution in [0.15, 0.2) is 24.3 Å². The van der Waals surface area contributed by atoms with Crippen LogP contribution in [0.5, 0.6) is 5.75 Å². The number of benzene rings is 1. The molecule has 1 aromatic rings. The second kappa shape index (κ2) is 6.58. The number of urea groups is 1. The predicted molar refractivity (Wildman–Crippen MR) is 78.9 cm³/mol. The van der Waals surface area contributed by atoms with Crippen LogP contribution in [0, 0.1) is 0 Å². The maximum Gasteiger partial charge on any atom is 0.324 e. The molecule has 2 unspecified atom stereocenters. The summed E-state index contributed by atoms with van der Waals surface area (Å²) < 4.78 is 5.09. The molecule has 1 aliphatic heterocycles. The summed E-state index contributed by atoms with van der Waals surface area (Å²) in [5, 5.41) is 2.69. The van der Waals surface area contributed by atoms with Crippen LogP contribution in [0.2, 0.25) is 0 Å². The smallest absolute Gasteiger partial charge is 0.324 e. The highest BCUT2D eigenvalue weighted by molar-refractivity contribution is 6.04. The summed E-state index contributed by atoms with van der Waals surface area (Å²) in [6, 6.07) is 6.11. The Hall–Kier alpha value is -2.08. The van der Waals surface area contributed by atoms with Gasteiger partial charge in [-0.2, -0.15) is 0 Å². The van der Waals surface area contributed by atoms with Gasteiger partial charge >= 0.3 is 6.03 Å². The fourth-order valence-electron chi connectivity index (χ4n) is 2.39. The van der Waals surface area contributed by atoms with Gasteiger partial charge in [-0.05, 0) is 24.1 Å². The molecule has 114 valence electrons. The lowest BCUT2D eigenvalue weighted by Crippen LogP contribution is -2.37. The zero-order valence-electron chi connectivity index (χ0n) is 12.3. The summed E-state index contributed by atoms with van der Waals surface area (Å²) >= 11 is 0. The first-order valence-electron chi connectivity index (χ1n) is 7.08. The van der Waals surface area contributed by atoms with E-state index in [1.807, 2.05) is 19.1 Å². The molecule has 0 aromatic heterocycles. The molecule has 1 aliphatic rings. The SMILES string of the molecule is CCCC1NC(=O)N(CC(N)c2ccc(OC)cc2)C1=O. The minimum Gasteiger partial charge on any atom is -0.497 e. The molecule has 3 N–H and O–H groups in total. The van der Waals surface area contributed by atoms with Crippen molar-refractivity contribution in [2.24, 2.45) is 5.73 Å². The number of nitrogens with two attached hydrogens (primary N) is 1. The summed E-state index contributed by atoms with van der Waals surface area (Å²) in [4.78, 5) is 25.2. The quantitative estimate of drug-likeness (QED) is 0.776. The molecule has 1 heterocycles. The van der Waals surface area contributed by atoms with Crippen LogP contribution in [-0.4, -0.2) is 36.5 Å². The van der Waals surface area contributed by atoms with Crippen molar-refractivity contribution in [2.75, 3.05) is 13.7 Å². The van der Waals surface area contributed by atoms with Crippen molar-refractivity contribution in [1.82, 2.24) is 10.2 Å². The van der Waals surface area contributed by atoms with Crippen LogP contribution >= 0.6 is 0 Å². The van der Waals surface area contributed by atoms with E-state index in [9.17, 15) is 9.59 Å². The maximum atomic E-state index is 12.1. The average Bonchev–Trinajstić information content (AvgIpc) is 2.75. The fraction of sp³-hybridized carbons (Fsp3) is 0.467. The number of amides is 3. The Morgan fingerprint density at radius 1 is 1.33 bits per heavy atom. The van der Waals surface area contributed by atoms with Gasteiger partial charge in [0.05, 0.1) is 7.11 Å². The summed E-state index contributed by atoms with van der Waals surface area (Å²) in [6.45, 7) is 2.16. The molecule has 6 heteroatoms. The van der Waals surface area contributed by atoms with E-state index in [-0.39, 0.29) is 18.5 Å². The Labute approximate surface area is 124 Å². The number of hydrogen-bond donors (Lipinski definition) is 2. The molecule has 21 heavy (non-hydrogen) atoms. The van der Waals surface area contributed by atoms with Gasteiger partial charge in [-0.3, -0.25) is 9.69 Å². The molecule has 0 spiro atoms. The molecule has 2 atom stereocenters. The van der Waals surface area contributed by atoms with E-state index in [0.29, 0.717) is 6.42 Å². The zero-order valence-corrected chi connectivity index (χ0v) is 12.3. The standard InChI is InChI=1S/C15H21N3O3/c1-3-4-13-14(19)18(15(20)17-13)9-12(16)10-5-7-11(21-2)8-6-10/h5-8,12-13H,3-4,9,16H2,1-2H3,(H,17,20). The molecule has 1 fully saturated rings. The van der Waals surface area contributed by atoms with Gasteiger partial charge in [0.15, 0.2) is 0 Å². The second-order valence-corrected chi connectivity index (χ2v) is 5.12. The number of imide groups is 1. The van der Waals surface area contributed by atoms with Gasteiger partial charge in [0.25, 0.3) is 5.91 Å². The average molecular weight is 291 g/mol. The van der Waals surface area contributed by atoms with Crippen molar-refractivity contribution in [2.45, 2.75) is 31.8 Å². The highest BCUT2D eigenvalue weighted by Crippen LogP contribution is 2.19. The molecule has 2 rings (SSSR count). The molecular weight excluding hydrogens is 270 g/mol. The van der Waals surface area contributed by atoms with E-state index in [0.717, 1.165) is 17.7 Å². The maximum absolute atomic E-state index is 12.1. The first-order chi connectivity index (χ1) is 10.1. The van der Waals surface area contributed by atoms with Crippen molar-refractivity contribution >= 4 is 11.9 Å². The highest BCUT2D eigenvalue weighted by atomic mass is 16.5. The van der Waals surface area contributed by atoms with Crippen LogP contribution in [-0.2, 0) is 4.79 Å². The van der Waals surface area contributed by atoms with Gasteiger partial charge in [0, 0.05) is 12.6 Å². The van der Waals surface area contributed by atoms with Crippen molar-refractivity contribution in [3.63, 3.8) is 0 Å². The van der Waals surface area contributed by atoms with Crippen LogP contribution in [0.25, 0.3) is 0 Å². The van der Waals surface area contributed by atoms with Gasteiger partial charge in [-0.15, -0.1) is 0 Å². The van der Waals surface area contributed by atoms with E-state index < -0.39 is 12.1 Å². The Morgan fingerprint density at radius 3 is 2.57 bits per heavy atom. The minimum atomic E-state index is -0.412. The predicted octanol–water partition coefficient (Wildman–Crippen LogP) is 1.42. The van der Waals surface area contributed by atoms with Gasteiger partial charge < -0.3 is 15.8 Å². The van der Waals surface area contributed by atoms with Crippen molar-refractivity contribution in [3.05, 3.63) is 29.8 Å². The number of ether oxygens (including phenoxy) is 1. The summed E-state index contributed by atoms with van der Waals surface area (Å²) in [5.41, 5.74) is 6.95. The van der Waals surface area contributed by atoms with Crippen LogP contribution in [0.3, 0.4) is 0 Å². The largest absolute Gasteiger partial charge is 0.497 e. The minimum absolute atomic E-state index is 0.178. The van der Waals surface area contributed by atoms with Crippen molar-refractivity contribution in [3.8, 4) is 5.75 Å². The first kappa shape index (κ1) is 15.3. The van der Waals surface area contributed by atoms with E-state index >= 15 is 0 Å². The molecular formula is C15H21N3O3. The number of methoxy groups -OCH3 is 1. The summed E-state index contributed by atoms with van der Waals surface area (Å²) in [5.74, 6) is 0.551. The molecule has 0 radical (unpaired) electrons. The zero-order chi connectivity index (χ0) is 15.4. The van der Waals surface area contributed by atoms with Crippen molar-refractivity contribution in [1.29, 1.82) is 0 Å². The van der Waals surface area contributed by atoms with Gasteiger partial charge in [0.2, 0.25) is 0 Å². The first-order valence-corrected chi connectivity index (χ1v) is 7.08. The molecule has 3 amide bonds. The Kier molecular flexibility index (Phi) is 4.80. The molecule has 0 bridgehead atoms. The number of rotatable bonds is 6. The monoisotopic (exact) mass is 291 g/mol. The lowest BCUT2D eigenvalue weighted by atomic mass is 10.1. The third-order valence-corrected chi connectivity index (χ3v) is 3.61. The topological polar surface area (TPSA) is 84.7 Å². The Morgan fingerprint density at radius 2 is 2.00 bits per heavy atom. The third-order valence-electron chi connectivity index (χ3n) is 3.61. The van der Waals surface area contributed by atoms with Gasteiger partial charge in [-0.25, -0.2) is 4.79 Å². The normalized spacial score (nSPS) is 19.6. The number of carbonyl (C=O) groups excluding carboxylic acids is 2. The Bertz CT molecular complexity index is 515. The molecule has 0 saturated carbocycles. The van der Waals surface area contributed by atoms with Gasteiger partial charge in [-0.1, -0.05) is 25.5 Å². The lowest BCUT2D eigenvalue weighted by Gasteiger charge is -2.19. The summed E-state index contributed by atoms with van der Waals surface area (Å²) in [7, 11) is 1.59. The number of nitrogens with one attached hydrogen (secondary N) is 1. The molecule has 1 aromatic carbocycles. The van der Waals surface area contributed by atoms with Crippen LogP contribution < -0.4 is 15.8 Å². The Balaban J connectivity index is 2.02. The van der Waals surface area contributed by atoms with Crippen LogP contribution in [0.4, 0.5) is 4.79 Å². The van der Waals surface area contributed by atoms with E-state index in [2.05, 4.69) is 5.32 Å². The van der Waals surface area contributed by atoms with E-state index in [4.69, 9.17) is 10.5 Å². The number of carbonyl (C=O) groups is 2. The highest BCUT2D eigenvalue weighted by Gasteiger charge is 2.37. The third kappa shape index (κ3) is 3.33. The molecule has 1 saturated heterocycles.